The third-order valence-corrected chi connectivity index (χ3v) is 5.00. The van der Waals surface area contributed by atoms with E-state index in [1.54, 1.807) is 24.3 Å². The van der Waals surface area contributed by atoms with E-state index in [2.05, 4.69) is 26.6 Å². The average Bonchev–Trinajstić information content (AvgIpc) is 2.98. The number of urea groups is 1. The zero-order valence-electron chi connectivity index (χ0n) is 16.7. The first-order chi connectivity index (χ1) is 14.4. The number of nitrogens with one attached hydrogen (secondary N) is 2. The van der Waals surface area contributed by atoms with Crippen LogP contribution in [0.3, 0.4) is 0 Å². The monoisotopic (exact) mass is 471 g/mol. The van der Waals surface area contributed by atoms with Crippen molar-refractivity contribution in [1.82, 2.24) is 10.2 Å². The Morgan fingerprint density at radius 1 is 1.20 bits per heavy atom. The van der Waals surface area contributed by atoms with Crippen LogP contribution < -0.4 is 15.4 Å². The highest BCUT2D eigenvalue weighted by atomic mass is 79.9. The fourth-order valence-corrected chi connectivity index (χ4v) is 3.45. The second kappa shape index (κ2) is 9.58. The molecule has 0 aromatic heterocycles. The van der Waals surface area contributed by atoms with Crippen LogP contribution in [0.1, 0.15) is 25.0 Å². The van der Waals surface area contributed by atoms with Gasteiger partial charge in [-0.3, -0.25) is 9.59 Å². The van der Waals surface area contributed by atoms with Crippen molar-refractivity contribution in [3.63, 3.8) is 0 Å². The Bertz CT molecular complexity index is 1020. The number of carbonyl (C=O) groups excluding carboxylic acids is 3. The van der Waals surface area contributed by atoms with Crippen LogP contribution in [0.4, 0.5) is 10.5 Å². The van der Waals surface area contributed by atoms with Crippen LogP contribution >= 0.6 is 15.9 Å². The number of para-hydroxylation sites is 1. The van der Waals surface area contributed by atoms with Gasteiger partial charge in [0.1, 0.15) is 18.0 Å². The minimum absolute atomic E-state index is 0.0841. The number of ether oxygens (including phenoxy) is 1. The number of anilines is 1. The summed E-state index contributed by atoms with van der Waals surface area (Å²) in [6.45, 7) is 3.93. The number of rotatable bonds is 7. The van der Waals surface area contributed by atoms with Crippen molar-refractivity contribution in [3.8, 4) is 5.75 Å². The van der Waals surface area contributed by atoms with Crippen molar-refractivity contribution in [2.45, 2.75) is 20.3 Å². The third kappa shape index (κ3) is 4.88. The summed E-state index contributed by atoms with van der Waals surface area (Å²) in [5.41, 5.74) is 2.36. The molecule has 0 radical (unpaired) electrons. The van der Waals surface area contributed by atoms with Gasteiger partial charge in [-0.05, 0) is 49.2 Å². The highest BCUT2D eigenvalue weighted by Crippen LogP contribution is 2.26. The molecule has 1 saturated heterocycles. The number of halogens is 1. The van der Waals surface area contributed by atoms with E-state index in [1.165, 1.54) is 0 Å². The number of nitrogens with zero attached hydrogens (tertiary/aromatic N) is 1. The molecule has 4 amide bonds. The lowest BCUT2D eigenvalue weighted by Crippen LogP contribution is -2.38. The van der Waals surface area contributed by atoms with Crippen LogP contribution in [-0.2, 0) is 16.0 Å². The van der Waals surface area contributed by atoms with Crippen LogP contribution in [0.5, 0.6) is 5.75 Å². The molecule has 0 atom stereocenters. The van der Waals surface area contributed by atoms with Gasteiger partial charge in [0.15, 0.2) is 0 Å². The largest absolute Gasteiger partial charge is 0.493 e. The molecule has 0 aliphatic carbocycles. The molecule has 30 heavy (non-hydrogen) atoms. The second-order valence-electron chi connectivity index (χ2n) is 6.55. The van der Waals surface area contributed by atoms with E-state index in [-0.39, 0.29) is 12.2 Å². The summed E-state index contributed by atoms with van der Waals surface area (Å²) < 4.78 is 6.38. The van der Waals surface area contributed by atoms with Crippen molar-refractivity contribution in [3.05, 3.63) is 63.8 Å². The number of hydrogen-bond acceptors (Lipinski definition) is 4. The Morgan fingerprint density at radius 3 is 2.70 bits per heavy atom. The molecule has 2 aromatic carbocycles. The zero-order valence-corrected chi connectivity index (χ0v) is 18.3. The average molecular weight is 472 g/mol. The summed E-state index contributed by atoms with van der Waals surface area (Å²) in [4.78, 5) is 38.4. The highest BCUT2D eigenvalue weighted by Gasteiger charge is 2.35. The van der Waals surface area contributed by atoms with Gasteiger partial charge < -0.3 is 15.4 Å². The molecule has 8 heteroatoms. The van der Waals surface area contributed by atoms with E-state index in [1.807, 2.05) is 38.1 Å². The molecule has 1 aliphatic heterocycles. The van der Waals surface area contributed by atoms with E-state index >= 15 is 0 Å². The van der Waals surface area contributed by atoms with Crippen molar-refractivity contribution < 1.29 is 19.1 Å². The van der Waals surface area contributed by atoms with Gasteiger partial charge >= 0.3 is 6.03 Å². The molecule has 0 unspecified atom stereocenters. The van der Waals surface area contributed by atoms with Crippen molar-refractivity contribution >= 4 is 45.5 Å². The number of benzene rings is 2. The maximum Gasteiger partial charge on any atom is 0.329 e. The van der Waals surface area contributed by atoms with Gasteiger partial charge in [-0.25, -0.2) is 9.69 Å². The Kier molecular flexibility index (Phi) is 6.89. The first-order valence-corrected chi connectivity index (χ1v) is 10.4. The molecule has 1 fully saturated rings. The fraction of sp³-hybridized carbons (Fsp3) is 0.227. The van der Waals surface area contributed by atoms with E-state index in [9.17, 15) is 14.4 Å². The number of amides is 4. The number of carbonyl (C=O) groups is 3. The van der Waals surface area contributed by atoms with Gasteiger partial charge in [0.25, 0.3) is 5.91 Å². The van der Waals surface area contributed by atoms with Gasteiger partial charge in [-0.1, -0.05) is 41.1 Å². The Labute approximate surface area is 183 Å². The minimum atomic E-state index is -0.641. The molecule has 0 saturated carbocycles. The van der Waals surface area contributed by atoms with Crippen molar-refractivity contribution in [2.75, 3.05) is 18.5 Å². The van der Waals surface area contributed by atoms with Crippen molar-refractivity contribution in [1.29, 1.82) is 0 Å². The Morgan fingerprint density at radius 2 is 1.97 bits per heavy atom. The summed E-state index contributed by atoms with van der Waals surface area (Å²) in [7, 11) is 0. The quantitative estimate of drug-likeness (QED) is 0.472. The zero-order chi connectivity index (χ0) is 21.7. The standard InChI is InChI=1S/C22H22BrN3O4/c1-3-14-7-5-6-8-17(14)24-20(27)13-26-21(28)18(25-22(26)29)12-15-11-16(23)9-10-19(15)30-4-2/h5-12H,3-4,13H2,1-2H3,(H,24,27)(H,25,29)/b18-12+. The molecule has 2 N–H and O–H groups in total. The summed E-state index contributed by atoms with van der Waals surface area (Å²) >= 11 is 3.39. The van der Waals surface area contributed by atoms with Gasteiger partial charge in [0, 0.05) is 15.7 Å². The predicted octanol–water partition coefficient (Wildman–Crippen LogP) is 3.94. The van der Waals surface area contributed by atoms with Crippen LogP contribution in [-0.4, -0.2) is 35.9 Å². The summed E-state index contributed by atoms with van der Waals surface area (Å²) in [6, 6.07) is 12.2. The topological polar surface area (TPSA) is 87.7 Å². The lowest BCUT2D eigenvalue weighted by molar-refractivity contribution is -0.127. The van der Waals surface area contributed by atoms with Gasteiger partial charge in [0.2, 0.25) is 5.91 Å². The van der Waals surface area contributed by atoms with Crippen molar-refractivity contribution in [2.24, 2.45) is 0 Å². The molecule has 1 aliphatic rings. The normalized spacial score (nSPS) is 14.8. The summed E-state index contributed by atoms with van der Waals surface area (Å²) in [5.74, 6) is -0.429. The molecule has 0 spiro atoms. The van der Waals surface area contributed by atoms with Gasteiger partial charge in [0.05, 0.1) is 6.61 Å². The first kappa shape index (κ1) is 21.6. The highest BCUT2D eigenvalue weighted by molar-refractivity contribution is 9.10. The SMILES string of the molecule is CCOc1ccc(Br)cc1/C=C1/NC(=O)N(CC(=O)Nc2ccccc2CC)C1=O. The summed E-state index contributed by atoms with van der Waals surface area (Å²) in [5, 5.41) is 5.30. The Balaban J connectivity index is 1.76. The van der Waals surface area contributed by atoms with E-state index in [4.69, 9.17) is 4.74 Å². The number of aryl methyl sites for hydroxylation is 1. The van der Waals surface area contributed by atoms with E-state index in [0.29, 0.717) is 23.6 Å². The minimum Gasteiger partial charge on any atom is -0.493 e. The van der Waals surface area contributed by atoms with Crippen LogP contribution in [0.2, 0.25) is 0 Å². The lowest BCUT2D eigenvalue weighted by atomic mass is 10.1. The summed E-state index contributed by atoms with van der Waals surface area (Å²) in [6.07, 6.45) is 2.29. The smallest absolute Gasteiger partial charge is 0.329 e. The third-order valence-electron chi connectivity index (χ3n) is 4.51. The Hall–Kier alpha value is -3.13. The second-order valence-corrected chi connectivity index (χ2v) is 7.47. The molecular formula is C22H22BrN3O4. The maximum atomic E-state index is 12.7. The number of imide groups is 1. The lowest BCUT2D eigenvalue weighted by Gasteiger charge is -2.13. The molecule has 1 heterocycles. The maximum absolute atomic E-state index is 12.7. The van der Waals surface area contributed by atoms with E-state index < -0.39 is 17.8 Å². The van der Waals surface area contributed by atoms with Crippen LogP contribution in [0, 0.1) is 0 Å². The number of hydrogen-bond donors (Lipinski definition) is 2. The molecular weight excluding hydrogens is 450 g/mol. The molecule has 156 valence electrons. The van der Waals surface area contributed by atoms with Gasteiger partial charge in [-0.2, -0.15) is 0 Å². The molecule has 2 aromatic rings. The van der Waals surface area contributed by atoms with Crippen LogP contribution in [0.25, 0.3) is 6.08 Å². The molecule has 0 bridgehead atoms. The fourth-order valence-electron chi connectivity index (χ4n) is 3.07. The first-order valence-electron chi connectivity index (χ1n) is 9.57. The predicted molar refractivity (Wildman–Crippen MR) is 118 cm³/mol. The molecule has 7 nitrogen and oxygen atoms in total. The van der Waals surface area contributed by atoms with Gasteiger partial charge in [-0.15, -0.1) is 0 Å². The van der Waals surface area contributed by atoms with E-state index in [0.717, 1.165) is 21.4 Å². The molecule has 3 rings (SSSR count). The van der Waals surface area contributed by atoms with Crippen LogP contribution in [0.15, 0.2) is 52.6 Å².